The second-order valence-corrected chi connectivity index (χ2v) is 4.58. The molecule has 1 aromatic carbocycles. The second-order valence-electron chi connectivity index (χ2n) is 4.58. The van der Waals surface area contributed by atoms with Gasteiger partial charge in [0.25, 0.3) is 0 Å². The third kappa shape index (κ3) is 2.71. The molecular weight excluding hydrogens is 226 g/mol. The molecule has 0 unspecified atom stereocenters. The highest BCUT2D eigenvalue weighted by Gasteiger charge is 2.14. The molecule has 1 atom stereocenters. The van der Waals surface area contributed by atoms with Crippen LogP contribution in [0.2, 0.25) is 0 Å². The molecule has 4 heteroatoms. The Morgan fingerprint density at radius 2 is 2.44 bits per heavy atom. The average Bonchev–Trinajstić information content (AvgIpc) is 3.03. The summed E-state index contributed by atoms with van der Waals surface area (Å²) in [5, 5.41) is 3.41. The van der Waals surface area contributed by atoms with Crippen molar-refractivity contribution in [2.45, 2.75) is 25.6 Å². The highest BCUT2D eigenvalue weighted by molar-refractivity contribution is 5.46. The summed E-state index contributed by atoms with van der Waals surface area (Å²) in [4.78, 5) is 4.05. The van der Waals surface area contributed by atoms with Gasteiger partial charge in [0.1, 0.15) is 6.23 Å². The van der Waals surface area contributed by atoms with Crippen molar-refractivity contribution in [2.75, 3.05) is 11.9 Å². The highest BCUT2D eigenvalue weighted by atomic mass is 16.5. The second kappa shape index (κ2) is 5.23. The van der Waals surface area contributed by atoms with Crippen LogP contribution in [0.25, 0.3) is 0 Å². The zero-order chi connectivity index (χ0) is 12.2. The van der Waals surface area contributed by atoms with Crippen LogP contribution < -0.4 is 5.32 Å². The van der Waals surface area contributed by atoms with Gasteiger partial charge < -0.3 is 14.6 Å². The van der Waals surface area contributed by atoms with E-state index >= 15 is 0 Å². The van der Waals surface area contributed by atoms with E-state index in [0.29, 0.717) is 0 Å². The number of imidazole rings is 1. The van der Waals surface area contributed by atoms with Crippen molar-refractivity contribution >= 4 is 5.69 Å². The van der Waals surface area contributed by atoms with E-state index in [2.05, 4.69) is 39.1 Å². The normalized spacial score (nSPS) is 19.0. The first kappa shape index (κ1) is 11.3. The molecule has 94 valence electrons. The molecule has 1 aliphatic rings. The lowest BCUT2D eigenvalue weighted by molar-refractivity contribution is 0.132. The van der Waals surface area contributed by atoms with Gasteiger partial charge >= 0.3 is 0 Å². The Hall–Kier alpha value is -1.81. The molecule has 1 aliphatic heterocycles. The van der Waals surface area contributed by atoms with E-state index in [0.717, 1.165) is 31.7 Å². The smallest absolute Gasteiger partial charge is 0.127 e. The van der Waals surface area contributed by atoms with Crippen LogP contribution in [-0.2, 0) is 11.3 Å². The number of nitrogens with one attached hydrogen (secondary N) is 1. The molecule has 4 nitrogen and oxygen atoms in total. The Morgan fingerprint density at radius 3 is 3.22 bits per heavy atom. The maximum Gasteiger partial charge on any atom is 0.127 e. The lowest BCUT2D eigenvalue weighted by Gasteiger charge is -2.14. The van der Waals surface area contributed by atoms with Gasteiger partial charge in [-0.05, 0) is 30.5 Å². The molecule has 2 aromatic rings. The van der Waals surface area contributed by atoms with Crippen molar-refractivity contribution in [3.8, 4) is 0 Å². The quantitative estimate of drug-likeness (QED) is 0.896. The predicted octanol–water partition coefficient (Wildman–Crippen LogP) is 2.48. The van der Waals surface area contributed by atoms with Crippen LogP contribution in [0.4, 0.5) is 5.69 Å². The predicted molar refractivity (Wildman–Crippen MR) is 70.4 cm³/mol. The summed E-state index contributed by atoms with van der Waals surface area (Å²) in [5.41, 5.74) is 2.38. The third-order valence-corrected chi connectivity index (χ3v) is 3.11. The third-order valence-electron chi connectivity index (χ3n) is 3.11. The van der Waals surface area contributed by atoms with Crippen LogP contribution in [0.15, 0.2) is 43.0 Å². The summed E-state index contributed by atoms with van der Waals surface area (Å²) in [5.74, 6) is 0. The Bertz CT molecular complexity index is 490. The van der Waals surface area contributed by atoms with Gasteiger partial charge in [0.05, 0.1) is 6.33 Å². The molecule has 1 aromatic heterocycles. The first-order valence-electron chi connectivity index (χ1n) is 6.33. The van der Waals surface area contributed by atoms with Crippen LogP contribution in [-0.4, -0.2) is 22.4 Å². The van der Waals surface area contributed by atoms with Gasteiger partial charge in [-0.2, -0.15) is 0 Å². The number of aromatic nitrogens is 2. The Balaban J connectivity index is 1.68. The van der Waals surface area contributed by atoms with Gasteiger partial charge in [-0.3, -0.25) is 0 Å². The number of benzene rings is 1. The van der Waals surface area contributed by atoms with Crippen molar-refractivity contribution in [2.24, 2.45) is 0 Å². The molecule has 1 N–H and O–H groups in total. The fourth-order valence-corrected chi connectivity index (χ4v) is 2.23. The van der Waals surface area contributed by atoms with Crippen molar-refractivity contribution in [3.05, 3.63) is 48.5 Å². The van der Waals surface area contributed by atoms with Crippen LogP contribution in [0.3, 0.4) is 0 Å². The van der Waals surface area contributed by atoms with Crippen molar-refractivity contribution in [1.29, 1.82) is 0 Å². The van der Waals surface area contributed by atoms with Gasteiger partial charge in [0.15, 0.2) is 0 Å². The average molecular weight is 243 g/mol. The molecule has 1 fully saturated rings. The number of anilines is 1. The molecule has 0 radical (unpaired) electrons. The van der Waals surface area contributed by atoms with Crippen LogP contribution >= 0.6 is 0 Å². The Kier molecular flexibility index (Phi) is 3.28. The number of ether oxygens (including phenoxy) is 1. The minimum Gasteiger partial charge on any atom is -0.360 e. The van der Waals surface area contributed by atoms with Gasteiger partial charge in [0, 0.05) is 31.2 Å². The summed E-state index contributed by atoms with van der Waals surface area (Å²) in [6.45, 7) is 1.72. The zero-order valence-corrected chi connectivity index (χ0v) is 10.2. The first-order chi connectivity index (χ1) is 8.90. The van der Waals surface area contributed by atoms with E-state index in [1.165, 1.54) is 5.56 Å². The molecule has 1 saturated heterocycles. The zero-order valence-electron chi connectivity index (χ0n) is 10.2. The maximum atomic E-state index is 5.58. The summed E-state index contributed by atoms with van der Waals surface area (Å²) in [7, 11) is 0. The molecule has 0 spiro atoms. The molecule has 18 heavy (non-hydrogen) atoms. The standard InChI is InChI=1S/C14H17N3O/c1-3-12(10-17-7-6-15-11-17)9-13(4-1)16-14-5-2-8-18-14/h1,3-4,6-7,9,11,14,16H,2,5,8,10H2/t14-/m0/s1. The van der Waals surface area contributed by atoms with E-state index in [-0.39, 0.29) is 6.23 Å². The number of nitrogens with zero attached hydrogens (tertiary/aromatic N) is 2. The van der Waals surface area contributed by atoms with E-state index in [9.17, 15) is 0 Å². The minimum absolute atomic E-state index is 0.175. The van der Waals surface area contributed by atoms with E-state index < -0.39 is 0 Å². The van der Waals surface area contributed by atoms with Gasteiger partial charge in [-0.15, -0.1) is 0 Å². The highest BCUT2D eigenvalue weighted by Crippen LogP contribution is 2.18. The van der Waals surface area contributed by atoms with Gasteiger partial charge in [-0.25, -0.2) is 4.98 Å². The van der Waals surface area contributed by atoms with Crippen LogP contribution in [0, 0.1) is 0 Å². The summed E-state index contributed by atoms with van der Waals surface area (Å²) in [6.07, 6.45) is 8.01. The van der Waals surface area contributed by atoms with Crippen molar-refractivity contribution < 1.29 is 4.74 Å². The molecule has 2 heterocycles. The molecule has 3 rings (SSSR count). The molecular formula is C14H17N3O. The van der Waals surface area contributed by atoms with Gasteiger partial charge in [0.2, 0.25) is 0 Å². The van der Waals surface area contributed by atoms with Crippen molar-refractivity contribution in [1.82, 2.24) is 9.55 Å². The fraction of sp³-hybridized carbons (Fsp3) is 0.357. The van der Waals surface area contributed by atoms with E-state index in [1.54, 1.807) is 6.20 Å². The molecule has 0 saturated carbocycles. The van der Waals surface area contributed by atoms with E-state index in [4.69, 9.17) is 4.74 Å². The first-order valence-corrected chi connectivity index (χ1v) is 6.33. The number of hydrogen-bond donors (Lipinski definition) is 1. The van der Waals surface area contributed by atoms with Gasteiger partial charge in [-0.1, -0.05) is 12.1 Å². The van der Waals surface area contributed by atoms with Crippen LogP contribution in [0.1, 0.15) is 18.4 Å². The summed E-state index contributed by atoms with van der Waals surface area (Å²) < 4.78 is 7.64. The summed E-state index contributed by atoms with van der Waals surface area (Å²) in [6, 6.07) is 8.45. The topological polar surface area (TPSA) is 39.1 Å². The minimum atomic E-state index is 0.175. The number of rotatable bonds is 4. The molecule has 0 amide bonds. The lowest BCUT2D eigenvalue weighted by atomic mass is 10.2. The lowest BCUT2D eigenvalue weighted by Crippen LogP contribution is -2.17. The fourth-order valence-electron chi connectivity index (χ4n) is 2.23. The van der Waals surface area contributed by atoms with E-state index in [1.807, 2.05) is 12.5 Å². The SMILES string of the molecule is c1cc(Cn2ccnc2)cc(N[C@@H]2CCCO2)c1. The Labute approximate surface area is 107 Å². The van der Waals surface area contributed by atoms with Crippen LogP contribution in [0.5, 0.6) is 0 Å². The maximum absolute atomic E-state index is 5.58. The Morgan fingerprint density at radius 1 is 1.44 bits per heavy atom. The largest absolute Gasteiger partial charge is 0.360 e. The monoisotopic (exact) mass is 243 g/mol. The molecule has 0 bridgehead atoms. The molecule has 0 aliphatic carbocycles. The summed E-state index contributed by atoms with van der Waals surface area (Å²) >= 11 is 0. The van der Waals surface area contributed by atoms with Crippen molar-refractivity contribution in [3.63, 3.8) is 0 Å². The number of hydrogen-bond acceptors (Lipinski definition) is 3.